The van der Waals surface area contributed by atoms with Gasteiger partial charge >= 0.3 is 0 Å². The van der Waals surface area contributed by atoms with E-state index in [0.29, 0.717) is 11.1 Å². The van der Waals surface area contributed by atoms with Gasteiger partial charge in [-0.05, 0) is 50.9 Å². The summed E-state index contributed by atoms with van der Waals surface area (Å²) in [5.74, 6) is 0.585. The van der Waals surface area contributed by atoms with Crippen molar-refractivity contribution in [2.45, 2.75) is 32.2 Å². The lowest BCUT2D eigenvalue weighted by atomic mass is 9.95. The number of carbonyl (C=O) groups excluding carboxylic acids is 1. The van der Waals surface area contributed by atoms with Crippen LogP contribution in [0.5, 0.6) is 0 Å². The lowest BCUT2D eigenvalue weighted by Crippen LogP contribution is -2.41. The molecule has 3 heterocycles. The molecule has 25 heavy (non-hydrogen) atoms. The lowest BCUT2D eigenvalue weighted by Gasteiger charge is -2.33. The second-order valence-corrected chi connectivity index (χ2v) is 7.57. The van der Waals surface area contributed by atoms with E-state index in [0.717, 1.165) is 74.9 Å². The van der Waals surface area contributed by atoms with Crippen molar-refractivity contribution >= 4 is 28.4 Å². The number of rotatable bonds is 3. The van der Waals surface area contributed by atoms with E-state index in [1.54, 1.807) is 0 Å². The number of carbonyl (C=O) groups is 1. The molecule has 1 amide bonds. The summed E-state index contributed by atoms with van der Waals surface area (Å²) >= 11 is 6.39. The molecule has 4 rings (SSSR count). The molecular weight excluding hydrogens is 334 g/mol. The highest BCUT2D eigenvalue weighted by molar-refractivity contribution is 6.30. The maximum atomic E-state index is 12.5. The molecule has 2 saturated heterocycles. The standard InChI is InChI=1S/C20H24ClN3O/c21-19-17(13-16-5-1-2-6-18(16)22-19)14-23-11-7-15(8-12-23)20(25)24-9-3-4-10-24/h1-2,5-6,13,15H,3-4,7-12,14H2. The van der Waals surface area contributed by atoms with Crippen LogP contribution in [0.3, 0.4) is 0 Å². The molecule has 0 unspecified atom stereocenters. The van der Waals surface area contributed by atoms with Gasteiger partial charge in [0.2, 0.25) is 5.91 Å². The van der Waals surface area contributed by atoms with Crippen molar-refractivity contribution in [1.29, 1.82) is 0 Å². The van der Waals surface area contributed by atoms with E-state index in [9.17, 15) is 4.79 Å². The summed E-state index contributed by atoms with van der Waals surface area (Å²) in [4.78, 5) is 21.5. The maximum Gasteiger partial charge on any atom is 0.225 e. The van der Waals surface area contributed by atoms with Crippen molar-refractivity contribution in [2.24, 2.45) is 5.92 Å². The lowest BCUT2D eigenvalue weighted by molar-refractivity contribution is -0.136. The van der Waals surface area contributed by atoms with Gasteiger partial charge in [0.05, 0.1) is 5.52 Å². The van der Waals surface area contributed by atoms with E-state index >= 15 is 0 Å². The minimum atomic E-state index is 0.208. The molecule has 0 aliphatic carbocycles. The van der Waals surface area contributed by atoms with Gasteiger partial charge in [-0.1, -0.05) is 29.8 Å². The van der Waals surface area contributed by atoms with Crippen LogP contribution in [0.25, 0.3) is 10.9 Å². The van der Waals surface area contributed by atoms with E-state index in [2.05, 4.69) is 26.9 Å². The fourth-order valence-electron chi connectivity index (χ4n) is 4.02. The molecule has 2 fully saturated rings. The summed E-state index contributed by atoms with van der Waals surface area (Å²) in [5, 5.41) is 1.72. The predicted molar refractivity (Wildman–Crippen MR) is 101 cm³/mol. The van der Waals surface area contributed by atoms with Gasteiger partial charge in [-0.15, -0.1) is 0 Å². The molecule has 0 N–H and O–H groups in total. The minimum absolute atomic E-state index is 0.208. The molecule has 1 aromatic carbocycles. The summed E-state index contributed by atoms with van der Waals surface area (Å²) < 4.78 is 0. The molecule has 132 valence electrons. The van der Waals surface area contributed by atoms with Crippen LogP contribution >= 0.6 is 11.6 Å². The van der Waals surface area contributed by atoms with E-state index in [1.165, 1.54) is 0 Å². The number of likely N-dealkylation sites (tertiary alicyclic amines) is 2. The molecule has 0 spiro atoms. The Kier molecular flexibility index (Phi) is 4.91. The van der Waals surface area contributed by atoms with E-state index < -0.39 is 0 Å². The molecule has 0 saturated carbocycles. The summed E-state index contributed by atoms with van der Waals surface area (Å²) in [6, 6.07) is 10.2. The zero-order valence-corrected chi connectivity index (χ0v) is 15.2. The van der Waals surface area contributed by atoms with Crippen molar-refractivity contribution in [3.05, 3.63) is 41.0 Å². The van der Waals surface area contributed by atoms with Crippen molar-refractivity contribution in [3.63, 3.8) is 0 Å². The molecule has 0 bridgehead atoms. The third-order valence-corrected chi connectivity index (χ3v) is 5.83. The Morgan fingerprint density at radius 1 is 1.12 bits per heavy atom. The normalized spacial score (nSPS) is 19.6. The van der Waals surface area contributed by atoms with Gasteiger partial charge in [0.25, 0.3) is 0 Å². The van der Waals surface area contributed by atoms with Crippen LogP contribution in [0.1, 0.15) is 31.2 Å². The number of amides is 1. The van der Waals surface area contributed by atoms with E-state index in [1.807, 2.05) is 18.2 Å². The van der Waals surface area contributed by atoms with Gasteiger partial charge in [-0.25, -0.2) is 4.98 Å². The zero-order valence-electron chi connectivity index (χ0n) is 14.5. The number of hydrogen-bond acceptors (Lipinski definition) is 3. The summed E-state index contributed by atoms with van der Waals surface area (Å²) in [7, 11) is 0. The van der Waals surface area contributed by atoms with Crippen molar-refractivity contribution in [1.82, 2.24) is 14.8 Å². The number of halogens is 1. The van der Waals surface area contributed by atoms with Gasteiger partial charge in [-0.2, -0.15) is 0 Å². The Hall–Kier alpha value is -1.65. The first-order chi connectivity index (χ1) is 12.2. The van der Waals surface area contributed by atoms with E-state index in [4.69, 9.17) is 11.6 Å². The second kappa shape index (κ2) is 7.30. The minimum Gasteiger partial charge on any atom is -0.342 e. The fourth-order valence-corrected chi connectivity index (χ4v) is 4.23. The average Bonchev–Trinajstić information content (AvgIpc) is 3.17. The van der Waals surface area contributed by atoms with Crippen LogP contribution in [0.2, 0.25) is 5.15 Å². The van der Waals surface area contributed by atoms with E-state index in [-0.39, 0.29) is 5.92 Å². The monoisotopic (exact) mass is 357 g/mol. The highest BCUT2D eigenvalue weighted by Crippen LogP contribution is 2.26. The largest absolute Gasteiger partial charge is 0.342 e. The van der Waals surface area contributed by atoms with Crippen LogP contribution in [0, 0.1) is 5.92 Å². The van der Waals surface area contributed by atoms with Gasteiger partial charge in [0.1, 0.15) is 5.15 Å². The quantitative estimate of drug-likeness (QED) is 0.785. The van der Waals surface area contributed by atoms with Crippen LogP contribution in [-0.4, -0.2) is 46.9 Å². The van der Waals surface area contributed by atoms with Crippen LogP contribution in [0.4, 0.5) is 0 Å². The predicted octanol–water partition coefficient (Wildman–Crippen LogP) is 3.72. The van der Waals surface area contributed by atoms with Gasteiger partial charge < -0.3 is 4.90 Å². The summed E-state index contributed by atoms with van der Waals surface area (Å²) in [6.45, 7) is 4.62. The fraction of sp³-hybridized carbons (Fsp3) is 0.500. The Balaban J connectivity index is 1.38. The first-order valence-electron chi connectivity index (χ1n) is 9.26. The Labute approximate surface area is 153 Å². The highest BCUT2D eigenvalue weighted by atomic mass is 35.5. The Morgan fingerprint density at radius 2 is 1.84 bits per heavy atom. The molecular formula is C20H24ClN3O. The highest BCUT2D eigenvalue weighted by Gasteiger charge is 2.29. The molecule has 0 atom stereocenters. The summed E-state index contributed by atoms with van der Waals surface area (Å²) in [6.07, 6.45) is 4.23. The molecule has 5 heteroatoms. The Morgan fingerprint density at radius 3 is 2.60 bits per heavy atom. The molecule has 1 aromatic heterocycles. The maximum absolute atomic E-state index is 12.5. The number of fused-ring (bicyclic) bond motifs is 1. The van der Waals surface area contributed by atoms with Gasteiger partial charge in [0, 0.05) is 36.5 Å². The van der Waals surface area contributed by atoms with Gasteiger partial charge in [-0.3, -0.25) is 9.69 Å². The summed E-state index contributed by atoms with van der Waals surface area (Å²) in [5.41, 5.74) is 2.01. The topological polar surface area (TPSA) is 36.4 Å². The SMILES string of the molecule is O=C(C1CCN(Cc2cc3ccccc3nc2Cl)CC1)N1CCCC1. The van der Waals surface area contributed by atoms with Gasteiger partial charge in [0.15, 0.2) is 0 Å². The number of nitrogens with zero attached hydrogens (tertiary/aromatic N) is 3. The first-order valence-corrected chi connectivity index (χ1v) is 9.64. The molecule has 0 radical (unpaired) electrons. The molecule has 2 aliphatic rings. The third-order valence-electron chi connectivity index (χ3n) is 5.50. The Bertz CT molecular complexity index is 765. The molecule has 4 nitrogen and oxygen atoms in total. The van der Waals surface area contributed by atoms with Crippen LogP contribution in [0.15, 0.2) is 30.3 Å². The third kappa shape index (κ3) is 3.65. The van der Waals surface area contributed by atoms with Crippen LogP contribution < -0.4 is 0 Å². The van der Waals surface area contributed by atoms with Crippen LogP contribution in [-0.2, 0) is 11.3 Å². The first kappa shape index (κ1) is 16.8. The number of pyridine rings is 1. The smallest absolute Gasteiger partial charge is 0.225 e. The number of hydrogen-bond donors (Lipinski definition) is 0. The second-order valence-electron chi connectivity index (χ2n) is 7.21. The molecule has 2 aromatic rings. The number of piperidine rings is 1. The molecule has 2 aliphatic heterocycles. The number of benzene rings is 1. The number of aromatic nitrogens is 1. The van der Waals surface area contributed by atoms with Crippen molar-refractivity contribution in [3.8, 4) is 0 Å². The van der Waals surface area contributed by atoms with Crippen molar-refractivity contribution < 1.29 is 4.79 Å². The van der Waals surface area contributed by atoms with Crippen molar-refractivity contribution in [2.75, 3.05) is 26.2 Å². The average molecular weight is 358 g/mol. The number of para-hydroxylation sites is 1. The zero-order chi connectivity index (χ0) is 17.2.